The van der Waals surface area contributed by atoms with Gasteiger partial charge in [0.2, 0.25) is 0 Å². The molecule has 0 bridgehead atoms. The van der Waals surface area contributed by atoms with E-state index < -0.39 is 0 Å². The summed E-state index contributed by atoms with van der Waals surface area (Å²) in [6.07, 6.45) is 4.06. The summed E-state index contributed by atoms with van der Waals surface area (Å²) in [5.41, 5.74) is 6.79. The number of rotatable bonds is 16. The van der Waals surface area contributed by atoms with E-state index in [-0.39, 0.29) is 5.41 Å². The van der Waals surface area contributed by atoms with Crippen LogP contribution in [0.1, 0.15) is 78.4 Å². The van der Waals surface area contributed by atoms with Gasteiger partial charge in [-0.2, -0.15) is 0 Å². The van der Waals surface area contributed by atoms with Gasteiger partial charge >= 0.3 is 0 Å². The molecule has 0 aliphatic rings. The van der Waals surface area contributed by atoms with Gasteiger partial charge in [-0.3, -0.25) is 0 Å². The van der Waals surface area contributed by atoms with Crippen LogP contribution < -0.4 is 9.47 Å². The Balaban J connectivity index is 1.88. The van der Waals surface area contributed by atoms with Crippen LogP contribution >= 0.6 is 0 Å². The molecule has 2 nitrogen and oxygen atoms in total. The van der Waals surface area contributed by atoms with Gasteiger partial charge in [0.15, 0.2) is 0 Å². The minimum absolute atomic E-state index is 0.122. The van der Waals surface area contributed by atoms with Crippen molar-refractivity contribution >= 4 is 0 Å². The van der Waals surface area contributed by atoms with Crippen molar-refractivity contribution in [1.29, 1.82) is 0 Å². The third-order valence-corrected chi connectivity index (χ3v) is 7.31. The lowest BCUT2D eigenvalue weighted by molar-refractivity contribution is 0.252. The number of allylic oxidation sites excluding steroid dienone is 4. The quantitative estimate of drug-likeness (QED) is 0.213. The van der Waals surface area contributed by atoms with Gasteiger partial charge < -0.3 is 9.47 Å². The van der Waals surface area contributed by atoms with E-state index in [1.54, 1.807) is 0 Å². The van der Waals surface area contributed by atoms with E-state index in [1.807, 2.05) is 13.8 Å². The van der Waals surface area contributed by atoms with Crippen LogP contribution in [-0.2, 0) is 5.41 Å². The molecule has 2 unspecified atom stereocenters. The van der Waals surface area contributed by atoms with Gasteiger partial charge in [-0.05, 0) is 86.8 Å². The van der Waals surface area contributed by atoms with E-state index in [0.717, 1.165) is 59.5 Å². The molecule has 0 saturated heterocycles. The van der Waals surface area contributed by atoms with Crippen LogP contribution in [-0.4, -0.2) is 13.2 Å². The van der Waals surface area contributed by atoms with Crippen LogP contribution in [0.15, 0.2) is 97.1 Å². The fraction of sp³-hybridized carbons (Fsp3) is 0.429. The number of benzene rings is 2. The van der Waals surface area contributed by atoms with Crippen molar-refractivity contribution < 1.29 is 9.47 Å². The molecule has 2 aromatic rings. The van der Waals surface area contributed by atoms with Gasteiger partial charge in [0.05, 0.1) is 13.2 Å². The topological polar surface area (TPSA) is 18.5 Å². The first kappa shape index (κ1) is 30.2. The summed E-state index contributed by atoms with van der Waals surface area (Å²) in [4.78, 5) is 0. The Hall–Kier alpha value is -3.00. The first-order valence-corrected chi connectivity index (χ1v) is 13.5. The maximum atomic E-state index is 6.06. The number of hydrogen-bond donors (Lipinski definition) is 0. The van der Waals surface area contributed by atoms with Crippen molar-refractivity contribution in [3.8, 4) is 11.5 Å². The smallest absolute Gasteiger partial charge is 0.119 e. The number of ether oxygens (including phenoxy) is 2. The van der Waals surface area contributed by atoms with E-state index in [1.165, 1.54) is 11.1 Å². The zero-order valence-electron chi connectivity index (χ0n) is 24.2. The van der Waals surface area contributed by atoms with E-state index in [9.17, 15) is 0 Å². The Morgan fingerprint density at radius 2 is 0.973 bits per heavy atom. The van der Waals surface area contributed by atoms with E-state index >= 15 is 0 Å². The summed E-state index contributed by atoms with van der Waals surface area (Å²) in [7, 11) is 0. The lowest BCUT2D eigenvalue weighted by Gasteiger charge is -2.26. The van der Waals surface area contributed by atoms with Gasteiger partial charge in [0, 0.05) is 5.41 Å². The Labute approximate surface area is 226 Å². The summed E-state index contributed by atoms with van der Waals surface area (Å²) < 4.78 is 12.1. The molecule has 37 heavy (non-hydrogen) atoms. The van der Waals surface area contributed by atoms with Crippen molar-refractivity contribution in [2.45, 2.75) is 72.6 Å². The van der Waals surface area contributed by atoms with Crippen molar-refractivity contribution in [3.63, 3.8) is 0 Å². The summed E-state index contributed by atoms with van der Waals surface area (Å²) in [5.74, 6) is 2.75. The molecule has 0 radical (unpaired) electrons. The zero-order chi connectivity index (χ0) is 27.6. The zero-order valence-corrected chi connectivity index (χ0v) is 24.2. The summed E-state index contributed by atoms with van der Waals surface area (Å²) in [5, 5.41) is 0. The maximum absolute atomic E-state index is 6.06. The molecule has 200 valence electrons. The minimum Gasteiger partial charge on any atom is -0.493 e. The molecule has 0 aliphatic carbocycles. The van der Waals surface area contributed by atoms with Gasteiger partial charge in [0.1, 0.15) is 11.5 Å². The fourth-order valence-electron chi connectivity index (χ4n) is 4.01. The van der Waals surface area contributed by atoms with Gasteiger partial charge in [0.25, 0.3) is 0 Å². The van der Waals surface area contributed by atoms with Crippen molar-refractivity contribution in [2.24, 2.45) is 11.8 Å². The molecule has 0 fully saturated rings. The second-order valence-corrected chi connectivity index (χ2v) is 11.4. The van der Waals surface area contributed by atoms with Crippen molar-refractivity contribution in [3.05, 3.63) is 108 Å². The fourth-order valence-corrected chi connectivity index (χ4v) is 4.01. The molecule has 2 aromatic carbocycles. The highest BCUT2D eigenvalue weighted by Gasteiger charge is 2.23. The van der Waals surface area contributed by atoms with E-state index in [4.69, 9.17) is 9.47 Å². The molecule has 0 spiro atoms. The molecule has 2 atom stereocenters. The SMILES string of the molecule is C=C(C)C(=C)CCC(C)COc1ccc(C(C)(C)c2ccc(OCC(C)CCC(=C)C(=C)C)cc2)cc1. The predicted octanol–water partition coefficient (Wildman–Crippen LogP) is 9.87. The third-order valence-electron chi connectivity index (χ3n) is 7.31. The molecule has 0 N–H and O–H groups in total. The largest absolute Gasteiger partial charge is 0.493 e. The van der Waals surface area contributed by atoms with Crippen molar-refractivity contribution in [1.82, 2.24) is 0 Å². The van der Waals surface area contributed by atoms with Gasteiger partial charge in [-0.25, -0.2) is 0 Å². The van der Waals surface area contributed by atoms with Crippen LogP contribution in [0.3, 0.4) is 0 Å². The Bertz CT molecular complexity index is 968. The first-order chi connectivity index (χ1) is 17.4. The Morgan fingerprint density at radius 3 is 1.27 bits per heavy atom. The molecular weight excluding hydrogens is 452 g/mol. The first-order valence-electron chi connectivity index (χ1n) is 13.5. The van der Waals surface area contributed by atoms with E-state index in [2.05, 4.69) is 103 Å². The van der Waals surface area contributed by atoms with Crippen LogP contribution in [0.4, 0.5) is 0 Å². The van der Waals surface area contributed by atoms with Crippen LogP contribution in [0.25, 0.3) is 0 Å². The van der Waals surface area contributed by atoms with Gasteiger partial charge in [-0.15, -0.1) is 0 Å². The third kappa shape index (κ3) is 9.76. The summed E-state index contributed by atoms with van der Waals surface area (Å²) in [6, 6.07) is 17.0. The average molecular weight is 501 g/mol. The molecule has 2 heteroatoms. The van der Waals surface area contributed by atoms with Crippen molar-refractivity contribution in [2.75, 3.05) is 13.2 Å². The molecule has 2 rings (SSSR count). The van der Waals surface area contributed by atoms with Crippen LogP contribution in [0.2, 0.25) is 0 Å². The molecule has 0 heterocycles. The predicted molar refractivity (Wildman–Crippen MR) is 161 cm³/mol. The summed E-state index contributed by atoms with van der Waals surface area (Å²) >= 11 is 0. The normalized spacial score (nSPS) is 12.9. The molecule has 0 amide bonds. The Morgan fingerprint density at radius 1 is 0.649 bits per heavy atom. The second-order valence-electron chi connectivity index (χ2n) is 11.4. The lowest BCUT2D eigenvalue weighted by atomic mass is 9.78. The highest BCUT2D eigenvalue weighted by atomic mass is 16.5. The highest BCUT2D eigenvalue weighted by Crippen LogP contribution is 2.33. The minimum atomic E-state index is -0.122. The highest BCUT2D eigenvalue weighted by molar-refractivity contribution is 5.41. The van der Waals surface area contributed by atoms with Crippen LogP contribution in [0.5, 0.6) is 11.5 Å². The monoisotopic (exact) mass is 500 g/mol. The van der Waals surface area contributed by atoms with Gasteiger partial charge in [-0.1, -0.05) is 101 Å². The number of hydrogen-bond acceptors (Lipinski definition) is 2. The standard InChI is InChI=1S/C35H48O2/c1-25(2)29(7)13-11-27(5)23-36-33-19-15-31(16-20-33)35(9,10)32-17-21-34(22-18-32)37-24-28(6)12-14-30(8)26(3)4/h15-22,27-28H,1,3,7-8,11-14,23-24H2,2,4-6,9-10H3. The second kappa shape index (κ2) is 14.1. The average Bonchev–Trinajstić information content (AvgIpc) is 2.88. The molecule has 0 aliphatic heterocycles. The molecular formula is C35H48O2. The van der Waals surface area contributed by atoms with E-state index in [0.29, 0.717) is 25.0 Å². The molecule has 0 aromatic heterocycles. The lowest BCUT2D eigenvalue weighted by Crippen LogP contribution is -2.19. The maximum Gasteiger partial charge on any atom is 0.119 e. The van der Waals surface area contributed by atoms with Crippen LogP contribution in [0, 0.1) is 11.8 Å². The summed E-state index contributed by atoms with van der Waals surface area (Å²) in [6.45, 7) is 30.5. The Kier molecular flexibility index (Phi) is 11.5. The molecule has 0 saturated carbocycles.